The number of nitrogens with one attached hydrogen (secondary N) is 2. The van der Waals surface area contributed by atoms with Crippen molar-refractivity contribution in [2.24, 2.45) is 0 Å². The summed E-state index contributed by atoms with van der Waals surface area (Å²) in [6.45, 7) is 4.50. The van der Waals surface area contributed by atoms with Crippen LogP contribution in [0.25, 0.3) is 11.0 Å². The zero-order chi connectivity index (χ0) is 22.0. The van der Waals surface area contributed by atoms with Gasteiger partial charge in [0.2, 0.25) is 0 Å². The molecule has 1 amide bonds. The van der Waals surface area contributed by atoms with E-state index in [1.54, 1.807) is 30.6 Å². The molecule has 31 heavy (non-hydrogen) atoms. The van der Waals surface area contributed by atoms with Crippen LogP contribution in [0.1, 0.15) is 17.9 Å². The Morgan fingerprint density at radius 3 is 2.87 bits per heavy atom. The Hall–Kier alpha value is -3.37. The molecule has 0 spiro atoms. The molecule has 3 N–H and O–H groups in total. The Morgan fingerprint density at radius 1 is 1.32 bits per heavy atom. The predicted molar refractivity (Wildman–Crippen MR) is 116 cm³/mol. The molecule has 2 aliphatic rings. The number of fused-ring (bicyclic) bond motifs is 2. The number of aliphatic hydroxyl groups is 1. The molecule has 3 aromatic rings. The Kier molecular flexibility index (Phi) is 5.66. The fraction of sp³-hybridized carbons (Fsp3) is 0.238. The second kappa shape index (κ2) is 8.40. The minimum absolute atomic E-state index is 0.0965. The van der Waals surface area contributed by atoms with Crippen molar-refractivity contribution in [3.05, 3.63) is 61.1 Å². The number of pyridine rings is 1. The molecule has 5 rings (SSSR count). The van der Waals surface area contributed by atoms with Gasteiger partial charge in [-0.05, 0) is 37.2 Å². The van der Waals surface area contributed by atoms with Gasteiger partial charge in [0, 0.05) is 36.5 Å². The maximum absolute atomic E-state index is 13.4. The molecule has 1 aromatic carbocycles. The third-order valence-corrected chi connectivity index (χ3v) is 6.87. The highest BCUT2D eigenvalue weighted by atomic mass is 32.2. The summed E-state index contributed by atoms with van der Waals surface area (Å²) in [6, 6.07) is 7.97. The van der Waals surface area contributed by atoms with E-state index in [2.05, 4.69) is 22.2 Å². The van der Waals surface area contributed by atoms with Crippen LogP contribution in [-0.2, 0) is 14.8 Å². The van der Waals surface area contributed by atoms with Gasteiger partial charge in [-0.3, -0.25) is 9.78 Å². The Balaban J connectivity index is 0.000000730. The molecule has 2 aromatic heterocycles. The molecule has 2 aliphatic heterocycles. The average molecular weight is 442 g/mol. The van der Waals surface area contributed by atoms with Crippen LogP contribution in [0.15, 0.2) is 60.5 Å². The van der Waals surface area contributed by atoms with Crippen LogP contribution in [0.4, 0.5) is 5.69 Å². The number of benzene rings is 1. The average Bonchev–Trinajstić information content (AvgIpc) is 3.42. The van der Waals surface area contributed by atoms with E-state index in [1.807, 2.05) is 0 Å². The van der Waals surface area contributed by atoms with Gasteiger partial charge < -0.3 is 20.5 Å². The van der Waals surface area contributed by atoms with E-state index in [0.717, 1.165) is 31.3 Å². The smallest absolute Gasteiger partial charge is 0.268 e. The monoisotopic (exact) mass is 442 g/mol. The standard InChI is InChI=1S/C19H18N4O4S.C2H4O/c24-18-11-27-17-8-13(3-4-15(17)22-18)28(25,26)23-10-14(12-5-7-20-9-12)19-16(23)2-1-6-21-19;1-2-3/h1-4,6,8,10,12,20H,5,7,9,11H2,(H,22,24);2-3H,1H2/t12-;/m0./s1. The summed E-state index contributed by atoms with van der Waals surface area (Å²) < 4.78 is 33.5. The summed E-state index contributed by atoms with van der Waals surface area (Å²) in [5.74, 6) is 0.312. The SMILES string of the molecule is C=CO.O=C1COc2cc(S(=O)(=O)n3cc([C@H]4CCNC4)c4ncccc43)ccc2N1. The summed E-state index contributed by atoms with van der Waals surface area (Å²) in [5.41, 5.74) is 2.66. The number of hydrogen-bond donors (Lipinski definition) is 3. The molecule has 162 valence electrons. The van der Waals surface area contributed by atoms with Gasteiger partial charge in [-0.1, -0.05) is 6.58 Å². The number of aliphatic hydroxyl groups excluding tert-OH is 1. The molecule has 1 saturated heterocycles. The highest BCUT2D eigenvalue weighted by Gasteiger charge is 2.28. The lowest BCUT2D eigenvalue weighted by molar-refractivity contribution is -0.118. The maximum Gasteiger partial charge on any atom is 0.268 e. The summed E-state index contributed by atoms with van der Waals surface area (Å²) in [5, 5.41) is 13.3. The molecule has 0 bridgehead atoms. The van der Waals surface area contributed by atoms with E-state index in [4.69, 9.17) is 9.84 Å². The van der Waals surface area contributed by atoms with E-state index in [0.29, 0.717) is 22.5 Å². The zero-order valence-electron chi connectivity index (χ0n) is 16.6. The molecule has 0 radical (unpaired) electrons. The Labute approximate surface area is 179 Å². The molecule has 1 atom stereocenters. The number of ether oxygens (including phenoxy) is 1. The van der Waals surface area contributed by atoms with Crippen LogP contribution in [0.3, 0.4) is 0 Å². The molecule has 0 saturated carbocycles. The van der Waals surface area contributed by atoms with Crippen molar-refractivity contribution >= 4 is 32.7 Å². The topological polar surface area (TPSA) is 123 Å². The molecule has 10 heteroatoms. The Morgan fingerprint density at radius 2 is 2.13 bits per heavy atom. The van der Waals surface area contributed by atoms with Crippen molar-refractivity contribution in [2.45, 2.75) is 17.2 Å². The number of carbonyl (C=O) groups excluding carboxylic acids is 1. The van der Waals surface area contributed by atoms with Crippen LogP contribution >= 0.6 is 0 Å². The minimum atomic E-state index is -3.86. The van der Waals surface area contributed by atoms with E-state index in [-0.39, 0.29) is 23.3 Å². The first-order valence-corrected chi connectivity index (χ1v) is 11.1. The first-order chi connectivity index (χ1) is 15.0. The van der Waals surface area contributed by atoms with Crippen molar-refractivity contribution in [1.29, 1.82) is 0 Å². The van der Waals surface area contributed by atoms with Crippen LogP contribution in [-0.4, -0.2) is 48.1 Å². The number of amides is 1. The molecular weight excluding hydrogens is 420 g/mol. The fourth-order valence-corrected chi connectivity index (χ4v) is 5.18. The maximum atomic E-state index is 13.4. The van der Waals surface area contributed by atoms with Crippen molar-refractivity contribution in [1.82, 2.24) is 14.3 Å². The highest BCUT2D eigenvalue weighted by molar-refractivity contribution is 7.90. The first kappa shape index (κ1) is 20.9. The number of hydrogen-bond acceptors (Lipinski definition) is 7. The van der Waals surface area contributed by atoms with Crippen molar-refractivity contribution in [2.75, 3.05) is 25.0 Å². The van der Waals surface area contributed by atoms with Crippen LogP contribution < -0.4 is 15.4 Å². The third kappa shape index (κ3) is 3.87. The molecule has 9 nitrogen and oxygen atoms in total. The van der Waals surface area contributed by atoms with Gasteiger partial charge in [-0.25, -0.2) is 12.4 Å². The van der Waals surface area contributed by atoms with Gasteiger partial charge >= 0.3 is 0 Å². The van der Waals surface area contributed by atoms with Gasteiger partial charge in [-0.15, -0.1) is 0 Å². The van der Waals surface area contributed by atoms with E-state index < -0.39 is 10.0 Å². The van der Waals surface area contributed by atoms with Crippen molar-refractivity contribution in [3.8, 4) is 5.75 Å². The quantitative estimate of drug-likeness (QED) is 0.532. The molecule has 4 heterocycles. The summed E-state index contributed by atoms with van der Waals surface area (Å²) >= 11 is 0. The second-order valence-corrected chi connectivity index (χ2v) is 8.94. The van der Waals surface area contributed by atoms with Crippen LogP contribution in [0, 0.1) is 0 Å². The van der Waals surface area contributed by atoms with Gasteiger partial charge in [0.25, 0.3) is 15.9 Å². The lowest BCUT2D eigenvalue weighted by Gasteiger charge is -2.18. The first-order valence-electron chi connectivity index (χ1n) is 9.69. The number of anilines is 1. The molecule has 1 fully saturated rings. The zero-order valence-corrected chi connectivity index (χ0v) is 17.4. The highest BCUT2D eigenvalue weighted by Crippen LogP contribution is 2.34. The van der Waals surface area contributed by atoms with Gasteiger partial charge in [0.15, 0.2) is 6.61 Å². The lowest BCUT2D eigenvalue weighted by atomic mass is 10.0. The fourth-order valence-electron chi connectivity index (χ4n) is 3.80. The summed E-state index contributed by atoms with van der Waals surface area (Å²) in [4.78, 5) is 16.0. The number of rotatable bonds is 3. The summed E-state index contributed by atoms with van der Waals surface area (Å²) in [6.07, 6.45) is 5.06. The third-order valence-electron chi connectivity index (χ3n) is 5.20. The van der Waals surface area contributed by atoms with E-state index >= 15 is 0 Å². The molecule has 0 aliphatic carbocycles. The largest absolute Gasteiger partial charge is 0.516 e. The van der Waals surface area contributed by atoms with Gasteiger partial charge in [-0.2, -0.15) is 0 Å². The van der Waals surface area contributed by atoms with E-state index in [1.165, 1.54) is 16.1 Å². The normalized spacial score (nSPS) is 17.8. The number of carbonyl (C=O) groups is 1. The van der Waals surface area contributed by atoms with Gasteiger partial charge in [0.1, 0.15) is 5.75 Å². The number of nitrogens with zero attached hydrogens (tertiary/aromatic N) is 2. The molecule has 0 unspecified atom stereocenters. The predicted octanol–water partition coefficient (Wildman–Crippen LogP) is 2.37. The Bertz CT molecular complexity index is 1250. The summed E-state index contributed by atoms with van der Waals surface area (Å²) in [7, 11) is -3.86. The number of aromatic nitrogens is 2. The lowest BCUT2D eigenvalue weighted by Crippen LogP contribution is -2.25. The van der Waals surface area contributed by atoms with Crippen LogP contribution in [0.2, 0.25) is 0 Å². The second-order valence-electron chi connectivity index (χ2n) is 7.12. The van der Waals surface area contributed by atoms with Crippen molar-refractivity contribution < 1.29 is 23.1 Å². The van der Waals surface area contributed by atoms with Crippen LogP contribution in [0.5, 0.6) is 5.75 Å². The minimum Gasteiger partial charge on any atom is -0.516 e. The van der Waals surface area contributed by atoms with Crippen molar-refractivity contribution in [3.63, 3.8) is 0 Å². The molecular formula is C21H22N4O5S. The van der Waals surface area contributed by atoms with Gasteiger partial charge in [0.05, 0.1) is 27.9 Å². The van der Waals surface area contributed by atoms with E-state index in [9.17, 15) is 13.2 Å².